The van der Waals surface area contributed by atoms with Crippen molar-refractivity contribution in [2.75, 3.05) is 6.54 Å². The van der Waals surface area contributed by atoms with E-state index in [1.807, 2.05) is 20.8 Å². The van der Waals surface area contributed by atoms with Crippen LogP contribution in [0.15, 0.2) is 0 Å². The van der Waals surface area contributed by atoms with Crippen molar-refractivity contribution in [3.63, 3.8) is 0 Å². The van der Waals surface area contributed by atoms with Gasteiger partial charge in [0.25, 0.3) is 0 Å². The van der Waals surface area contributed by atoms with Gasteiger partial charge in [0.05, 0.1) is 0 Å². The lowest BCUT2D eigenvalue weighted by Gasteiger charge is -2.29. The molecule has 1 N–H and O–H groups in total. The third-order valence-corrected chi connectivity index (χ3v) is 2.58. The average Bonchev–Trinajstić information content (AvgIpc) is 2.45. The van der Waals surface area contributed by atoms with E-state index >= 15 is 0 Å². The fourth-order valence-corrected chi connectivity index (χ4v) is 1.91. The molecule has 1 rings (SSSR count). The van der Waals surface area contributed by atoms with Crippen LogP contribution < -0.4 is 0 Å². The number of nitrogens with zero attached hydrogens (tertiary/aromatic N) is 1. The van der Waals surface area contributed by atoms with E-state index in [1.165, 1.54) is 4.90 Å². The first-order valence-corrected chi connectivity index (χ1v) is 5.33. The summed E-state index contributed by atoms with van der Waals surface area (Å²) in [5.41, 5.74) is -0.0775. The van der Waals surface area contributed by atoms with Crippen molar-refractivity contribution < 1.29 is 14.7 Å². The molecule has 0 saturated carbocycles. The third kappa shape index (κ3) is 3.22. The molecule has 0 aliphatic carbocycles. The van der Waals surface area contributed by atoms with E-state index in [0.717, 1.165) is 6.42 Å². The summed E-state index contributed by atoms with van der Waals surface area (Å²) in [6.07, 6.45) is 1.79. The number of amides is 1. The van der Waals surface area contributed by atoms with E-state index in [9.17, 15) is 9.59 Å². The van der Waals surface area contributed by atoms with Crippen LogP contribution in [0.1, 0.15) is 40.0 Å². The lowest BCUT2D eigenvalue weighted by Crippen LogP contribution is -2.44. The maximum Gasteiger partial charge on any atom is 0.326 e. The summed E-state index contributed by atoms with van der Waals surface area (Å²) in [5.74, 6) is -0.910. The first-order valence-electron chi connectivity index (χ1n) is 5.33. The van der Waals surface area contributed by atoms with Crippen LogP contribution in [-0.2, 0) is 9.59 Å². The Morgan fingerprint density at radius 3 is 2.47 bits per heavy atom. The van der Waals surface area contributed by atoms with Crippen molar-refractivity contribution in [2.45, 2.75) is 46.1 Å². The number of carboxylic acids is 1. The van der Waals surface area contributed by atoms with E-state index in [0.29, 0.717) is 19.4 Å². The molecule has 1 amide bonds. The fraction of sp³-hybridized carbons (Fsp3) is 0.818. The molecule has 1 fully saturated rings. The summed E-state index contributed by atoms with van der Waals surface area (Å²) in [6, 6.07) is -0.653. The molecule has 1 heterocycles. The second-order valence-electron chi connectivity index (χ2n) is 5.31. The molecule has 15 heavy (non-hydrogen) atoms. The maximum absolute atomic E-state index is 11.5. The third-order valence-electron chi connectivity index (χ3n) is 2.58. The molecule has 1 unspecified atom stereocenters. The molecule has 0 aromatic carbocycles. The molecule has 4 nitrogen and oxygen atoms in total. The highest BCUT2D eigenvalue weighted by Gasteiger charge is 2.35. The highest BCUT2D eigenvalue weighted by atomic mass is 16.4. The Bertz CT molecular complexity index is 267. The topological polar surface area (TPSA) is 57.6 Å². The first kappa shape index (κ1) is 12.0. The summed E-state index contributed by atoms with van der Waals surface area (Å²) in [7, 11) is 0. The predicted octanol–water partition coefficient (Wildman–Crippen LogP) is 1.50. The first-order chi connectivity index (χ1) is 6.81. The monoisotopic (exact) mass is 213 g/mol. The van der Waals surface area contributed by atoms with Crippen molar-refractivity contribution in [1.29, 1.82) is 0 Å². The molecule has 1 aliphatic rings. The number of hydrogen-bond donors (Lipinski definition) is 1. The van der Waals surface area contributed by atoms with Gasteiger partial charge in [-0.05, 0) is 18.3 Å². The van der Waals surface area contributed by atoms with Gasteiger partial charge in [-0.3, -0.25) is 4.79 Å². The molecule has 0 aromatic rings. The van der Waals surface area contributed by atoms with Gasteiger partial charge in [-0.15, -0.1) is 0 Å². The maximum atomic E-state index is 11.5. The normalized spacial score (nSPS) is 19.4. The minimum Gasteiger partial charge on any atom is -0.480 e. The Hall–Kier alpha value is -1.06. The molecule has 4 heteroatoms. The largest absolute Gasteiger partial charge is 0.480 e. The zero-order valence-electron chi connectivity index (χ0n) is 9.62. The van der Waals surface area contributed by atoms with Crippen molar-refractivity contribution in [2.24, 2.45) is 5.41 Å². The Balaban J connectivity index is 2.74. The summed E-state index contributed by atoms with van der Waals surface area (Å²) in [6.45, 7) is 6.56. The quantitative estimate of drug-likeness (QED) is 0.772. The lowest BCUT2D eigenvalue weighted by atomic mass is 9.87. The van der Waals surface area contributed by atoms with Crippen LogP contribution in [0.4, 0.5) is 0 Å². The minimum atomic E-state index is -0.889. The van der Waals surface area contributed by atoms with E-state index < -0.39 is 12.0 Å². The zero-order chi connectivity index (χ0) is 11.6. The van der Waals surface area contributed by atoms with Crippen molar-refractivity contribution >= 4 is 11.9 Å². The molecule has 0 spiro atoms. The van der Waals surface area contributed by atoms with Crippen LogP contribution in [0.2, 0.25) is 0 Å². The van der Waals surface area contributed by atoms with Gasteiger partial charge in [-0.25, -0.2) is 4.79 Å². The molecule has 86 valence electrons. The Morgan fingerprint density at radius 2 is 2.13 bits per heavy atom. The lowest BCUT2D eigenvalue weighted by molar-refractivity contribution is -0.149. The molecule has 1 atom stereocenters. The minimum absolute atomic E-state index is 0.0216. The van der Waals surface area contributed by atoms with Gasteiger partial charge in [0.15, 0.2) is 0 Å². The van der Waals surface area contributed by atoms with Crippen molar-refractivity contribution in [3.8, 4) is 0 Å². The van der Waals surface area contributed by atoms with Crippen LogP contribution in [0, 0.1) is 5.41 Å². The summed E-state index contributed by atoms with van der Waals surface area (Å²) in [5, 5.41) is 9.12. The van der Waals surface area contributed by atoms with Gasteiger partial charge >= 0.3 is 5.97 Å². The molecule has 1 aliphatic heterocycles. The Labute approximate surface area is 90.3 Å². The van der Waals surface area contributed by atoms with Gasteiger partial charge in [-0.1, -0.05) is 20.8 Å². The molecule has 0 bridgehead atoms. The zero-order valence-corrected chi connectivity index (χ0v) is 9.62. The summed E-state index contributed by atoms with van der Waals surface area (Å²) >= 11 is 0. The molecular formula is C11H19NO3. The molecular weight excluding hydrogens is 194 g/mol. The number of rotatable bonds is 3. The van der Waals surface area contributed by atoms with E-state index in [-0.39, 0.29) is 11.3 Å². The van der Waals surface area contributed by atoms with Crippen LogP contribution in [-0.4, -0.2) is 34.5 Å². The molecule has 0 aromatic heterocycles. The fourth-order valence-electron chi connectivity index (χ4n) is 1.91. The van der Waals surface area contributed by atoms with Crippen LogP contribution >= 0.6 is 0 Å². The number of carbonyl (C=O) groups is 2. The molecule has 0 radical (unpaired) electrons. The van der Waals surface area contributed by atoms with Crippen molar-refractivity contribution in [1.82, 2.24) is 4.90 Å². The molecule has 1 saturated heterocycles. The van der Waals surface area contributed by atoms with Crippen LogP contribution in [0.25, 0.3) is 0 Å². The Kier molecular flexibility index (Phi) is 3.37. The second-order valence-corrected chi connectivity index (χ2v) is 5.31. The highest BCUT2D eigenvalue weighted by molar-refractivity contribution is 5.84. The Morgan fingerprint density at radius 1 is 1.53 bits per heavy atom. The van der Waals surface area contributed by atoms with Gasteiger partial charge in [-0.2, -0.15) is 0 Å². The van der Waals surface area contributed by atoms with Crippen LogP contribution in [0.3, 0.4) is 0 Å². The van der Waals surface area contributed by atoms with Gasteiger partial charge < -0.3 is 10.0 Å². The van der Waals surface area contributed by atoms with Gasteiger partial charge in [0, 0.05) is 13.0 Å². The smallest absolute Gasteiger partial charge is 0.326 e. The van der Waals surface area contributed by atoms with E-state index in [4.69, 9.17) is 5.11 Å². The van der Waals surface area contributed by atoms with Gasteiger partial charge in [0.2, 0.25) is 5.91 Å². The SMILES string of the molecule is CC(C)(C)CC(C(=O)O)N1CCCC1=O. The predicted molar refractivity (Wildman–Crippen MR) is 56.4 cm³/mol. The number of likely N-dealkylation sites (tertiary alicyclic amines) is 1. The van der Waals surface area contributed by atoms with Crippen molar-refractivity contribution in [3.05, 3.63) is 0 Å². The van der Waals surface area contributed by atoms with Gasteiger partial charge in [0.1, 0.15) is 6.04 Å². The average molecular weight is 213 g/mol. The highest BCUT2D eigenvalue weighted by Crippen LogP contribution is 2.26. The van der Waals surface area contributed by atoms with Crippen LogP contribution in [0.5, 0.6) is 0 Å². The second kappa shape index (κ2) is 4.21. The van der Waals surface area contributed by atoms with E-state index in [2.05, 4.69) is 0 Å². The number of carboxylic acid groups (broad SMARTS) is 1. The summed E-state index contributed by atoms with van der Waals surface area (Å²) < 4.78 is 0. The standard InChI is InChI=1S/C11H19NO3/c1-11(2,3)7-8(10(14)15)12-6-4-5-9(12)13/h8H,4-7H2,1-3H3,(H,14,15). The summed E-state index contributed by atoms with van der Waals surface area (Å²) in [4.78, 5) is 24.1. The number of carbonyl (C=O) groups excluding carboxylic acids is 1. The number of aliphatic carboxylic acids is 1. The van der Waals surface area contributed by atoms with E-state index in [1.54, 1.807) is 0 Å². The number of hydrogen-bond acceptors (Lipinski definition) is 2.